The maximum Gasteiger partial charge on any atom is 0.153 e. The van der Waals surface area contributed by atoms with Crippen molar-refractivity contribution in [3.63, 3.8) is 0 Å². The number of phenolic OH excluding ortho intramolecular Hbond substituents is 1. The third-order valence-corrected chi connectivity index (χ3v) is 3.58. The van der Waals surface area contributed by atoms with Gasteiger partial charge in [0.1, 0.15) is 11.5 Å². The first-order valence-electron chi connectivity index (χ1n) is 7.62. The number of nitrogens with one attached hydrogen (secondary N) is 2. The zero-order valence-corrected chi connectivity index (χ0v) is 13.4. The lowest BCUT2D eigenvalue weighted by atomic mass is 10.2. The Bertz CT molecular complexity index is 786. The van der Waals surface area contributed by atoms with Crippen LogP contribution in [0, 0.1) is 0 Å². The van der Waals surface area contributed by atoms with Gasteiger partial charge in [0.05, 0.1) is 12.8 Å². The number of hydrogen-bond acceptors (Lipinski definition) is 5. The van der Waals surface area contributed by atoms with Gasteiger partial charge in [0.15, 0.2) is 5.82 Å². The van der Waals surface area contributed by atoms with Crippen LogP contribution in [0.5, 0.6) is 11.5 Å². The molecule has 3 rings (SSSR count). The van der Waals surface area contributed by atoms with E-state index >= 15 is 0 Å². The summed E-state index contributed by atoms with van der Waals surface area (Å²) in [5.41, 5.74) is 2.91. The van der Waals surface area contributed by atoms with Crippen LogP contribution in [0.3, 0.4) is 0 Å². The molecule has 24 heavy (non-hydrogen) atoms. The lowest BCUT2D eigenvalue weighted by Crippen LogP contribution is -2.04. The van der Waals surface area contributed by atoms with Crippen molar-refractivity contribution in [3.05, 3.63) is 72.4 Å². The fraction of sp³-hybridized carbons (Fsp3) is 0.105. The Morgan fingerprint density at radius 3 is 2.46 bits per heavy atom. The molecule has 3 aromatic rings. The fourth-order valence-corrected chi connectivity index (χ4v) is 2.27. The van der Waals surface area contributed by atoms with Gasteiger partial charge in [0, 0.05) is 18.4 Å². The van der Waals surface area contributed by atoms with E-state index in [1.165, 1.54) is 0 Å². The molecule has 2 aromatic carbocycles. The first kappa shape index (κ1) is 15.7. The average Bonchev–Trinajstić information content (AvgIpc) is 2.63. The van der Waals surface area contributed by atoms with Crippen molar-refractivity contribution in [1.29, 1.82) is 0 Å². The minimum absolute atomic E-state index is 0.236. The highest BCUT2D eigenvalue weighted by molar-refractivity contribution is 5.70. The molecule has 0 amide bonds. The maximum atomic E-state index is 9.36. The zero-order chi connectivity index (χ0) is 16.8. The summed E-state index contributed by atoms with van der Waals surface area (Å²) < 4.78 is 5.17. The predicted molar refractivity (Wildman–Crippen MR) is 95.9 cm³/mol. The van der Waals surface area contributed by atoms with Crippen LogP contribution in [0.4, 0.5) is 17.2 Å². The molecule has 0 radical (unpaired) electrons. The number of methoxy groups -OCH3 is 1. The van der Waals surface area contributed by atoms with Crippen LogP contribution < -0.4 is 15.4 Å². The van der Waals surface area contributed by atoms with Crippen LogP contribution in [0.1, 0.15) is 5.56 Å². The van der Waals surface area contributed by atoms with Crippen LogP contribution in [0.25, 0.3) is 0 Å². The molecule has 3 N–H and O–H groups in total. The number of nitrogens with zero attached hydrogens (tertiary/aromatic N) is 1. The number of aromatic hydroxyl groups is 1. The Labute approximate surface area is 141 Å². The van der Waals surface area contributed by atoms with Gasteiger partial charge < -0.3 is 20.5 Å². The average molecular weight is 321 g/mol. The first-order chi connectivity index (χ1) is 11.7. The molecule has 0 aliphatic heterocycles. The summed E-state index contributed by atoms with van der Waals surface area (Å²) in [6.45, 7) is 0.681. The molecule has 1 aromatic heterocycles. The van der Waals surface area contributed by atoms with Crippen LogP contribution in [0.15, 0.2) is 66.9 Å². The largest absolute Gasteiger partial charge is 0.508 e. The Hall–Kier alpha value is -3.21. The minimum Gasteiger partial charge on any atom is -0.508 e. The first-order valence-corrected chi connectivity index (χ1v) is 7.62. The number of pyridine rings is 1. The SMILES string of the molecule is COc1ccc(CNc2cccnc2Nc2ccc(O)cc2)cc1. The smallest absolute Gasteiger partial charge is 0.153 e. The highest BCUT2D eigenvalue weighted by Crippen LogP contribution is 2.24. The van der Waals surface area contributed by atoms with Gasteiger partial charge in [0.2, 0.25) is 0 Å². The maximum absolute atomic E-state index is 9.36. The zero-order valence-electron chi connectivity index (χ0n) is 13.4. The molecule has 0 saturated carbocycles. The van der Waals surface area contributed by atoms with Gasteiger partial charge in [-0.1, -0.05) is 12.1 Å². The summed E-state index contributed by atoms with van der Waals surface area (Å²) >= 11 is 0. The number of hydrogen-bond donors (Lipinski definition) is 3. The molecule has 5 heteroatoms. The van der Waals surface area contributed by atoms with E-state index in [1.54, 1.807) is 37.6 Å². The molecule has 0 bridgehead atoms. The van der Waals surface area contributed by atoms with Crippen molar-refractivity contribution < 1.29 is 9.84 Å². The molecule has 0 saturated heterocycles. The van der Waals surface area contributed by atoms with E-state index in [-0.39, 0.29) is 5.75 Å². The Morgan fingerprint density at radius 2 is 1.75 bits per heavy atom. The van der Waals surface area contributed by atoms with Crippen molar-refractivity contribution in [2.24, 2.45) is 0 Å². The monoisotopic (exact) mass is 321 g/mol. The predicted octanol–water partition coefficient (Wildman–Crippen LogP) is 4.15. The van der Waals surface area contributed by atoms with Crippen molar-refractivity contribution in [2.45, 2.75) is 6.54 Å². The van der Waals surface area contributed by atoms with E-state index in [0.717, 1.165) is 28.5 Å². The lowest BCUT2D eigenvalue weighted by molar-refractivity contribution is 0.414. The highest BCUT2D eigenvalue weighted by Gasteiger charge is 2.04. The summed E-state index contributed by atoms with van der Waals surface area (Å²) in [6.07, 6.45) is 1.74. The van der Waals surface area contributed by atoms with Crippen molar-refractivity contribution in [2.75, 3.05) is 17.7 Å². The molecule has 122 valence electrons. The van der Waals surface area contributed by atoms with Crippen LogP contribution >= 0.6 is 0 Å². The molecular formula is C19H19N3O2. The third kappa shape index (κ3) is 3.95. The van der Waals surface area contributed by atoms with Gasteiger partial charge >= 0.3 is 0 Å². The second-order valence-corrected chi connectivity index (χ2v) is 5.27. The summed E-state index contributed by atoms with van der Waals surface area (Å²) in [7, 11) is 1.66. The number of anilines is 3. The van der Waals surface area contributed by atoms with Gasteiger partial charge in [-0.2, -0.15) is 0 Å². The van der Waals surface area contributed by atoms with Crippen LogP contribution in [0.2, 0.25) is 0 Å². The van der Waals surface area contributed by atoms with Gasteiger partial charge in [-0.25, -0.2) is 4.98 Å². The Kier molecular flexibility index (Phi) is 4.81. The van der Waals surface area contributed by atoms with E-state index in [9.17, 15) is 5.11 Å². The topological polar surface area (TPSA) is 66.4 Å². The Balaban J connectivity index is 1.70. The summed E-state index contributed by atoms with van der Waals surface area (Å²) in [6, 6.07) is 18.7. The number of rotatable bonds is 6. The van der Waals surface area contributed by atoms with E-state index in [4.69, 9.17) is 4.74 Å². The Morgan fingerprint density at radius 1 is 1.00 bits per heavy atom. The van der Waals surface area contributed by atoms with Crippen LogP contribution in [-0.4, -0.2) is 17.2 Å². The quantitative estimate of drug-likeness (QED) is 0.595. The molecular weight excluding hydrogens is 302 g/mol. The second-order valence-electron chi connectivity index (χ2n) is 5.27. The second kappa shape index (κ2) is 7.37. The molecule has 5 nitrogen and oxygen atoms in total. The van der Waals surface area contributed by atoms with Crippen molar-refractivity contribution >= 4 is 17.2 Å². The number of aromatic nitrogens is 1. The molecule has 0 aliphatic rings. The molecule has 0 fully saturated rings. The standard InChI is InChI=1S/C19H19N3O2/c1-24-17-10-4-14(5-11-17)13-21-18-3-2-12-20-19(18)22-15-6-8-16(23)9-7-15/h2-12,21,23H,13H2,1H3,(H,20,22). The minimum atomic E-state index is 0.236. The van der Waals surface area contributed by atoms with Gasteiger partial charge in [-0.3, -0.25) is 0 Å². The van der Waals surface area contributed by atoms with E-state index in [0.29, 0.717) is 6.54 Å². The summed E-state index contributed by atoms with van der Waals surface area (Å²) in [5.74, 6) is 1.81. The molecule has 0 aliphatic carbocycles. The van der Waals surface area contributed by atoms with Crippen molar-refractivity contribution in [3.8, 4) is 11.5 Å². The molecule has 1 heterocycles. The molecule has 0 atom stereocenters. The number of ether oxygens (including phenoxy) is 1. The van der Waals surface area contributed by atoms with Gasteiger partial charge in [-0.05, 0) is 54.1 Å². The van der Waals surface area contributed by atoms with Gasteiger partial charge in [0.25, 0.3) is 0 Å². The normalized spacial score (nSPS) is 10.2. The van der Waals surface area contributed by atoms with E-state index in [2.05, 4.69) is 15.6 Å². The summed E-state index contributed by atoms with van der Waals surface area (Å²) in [4.78, 5) is 4.38. The third-order valence-electron chi connectivity index (χ3n) is 3.58. The van der Waals surface area contributed by atoms with Gasteiger partial charge in [-0.15, -0.1) is 0 Å². The van der Waals surface area contributed by atoms with Crippen molar-refractivity contribution in [1.82, 2.24) is 4.98 Å². The highest BCUT2D eigenvalue weighted by atomic mass is 16.5. The fourth-order valence-electron chi connectivity index (χ4n) is 2.27. The molecule has 0 unspecified atom stereocenters. The number of benzene rings is 2. The van der Waals surface area contributed by atoms with Crippen LogP contribution in [-0.2, 0) is 6.54 Å². The van der Waals surface area contributed by atoms with E-state index < -0.39 is 0 Å². The molecule has 0 spiro atoms. The number of phenols is 1. The lowest BCUT2D eigenvalue weighted by Gasteiger charge is -2.13. The van der Waals surface area contributed by atoms with E-state index in [1.807, 2.05) is 36.4 Å². The summed E-state index contributed by atoms with van der Waals surface area (Å²) in [5, 5.41) is 16.0.